The number of amides is 2. The second-order valence-corrected chi connectivity index (χ2v) is 8.69. The van der Waals surface area contributed by atoms with Gasteiger partial charge in [-0.3, -0.25) is 9.59 Å². The molecular weight excluding hydrogens is 478 g/mol. The molecule has 7 nitrogen and oxygen atoms in total. The number of thioether (sulfide) groups is 1. The molecule has 0 aliphatic heterocycles. The zero-order chi connectivity index (χ0) is 22.2. The summed E-state index contributed by atoms with van der Waals surface area (Å²) in [5.74, 6) is 1.03. The summed E-state index contributed by atoms with van der Waals surface area (Å²) < 4.78 is 2.70. The highest BCUT2D eigenvalue weighted by atomic mass is 79.9. The van der Waals surface area contributed by atoms with Gasteiger partial charge in [-0.1, -0.05) is 42.1 Å². The van der Waals surface area contributed by atoms with Crippen LogP contribution in [-0.2, 0) is 11.3 Å². The first-order valence-electron chi connectivity index (χ1n) is 9.95. The van der Waals surface area contributed by atoms with Gasteiger partial charge in [0.15, 0.2) is 11.0 Å². The maximum Gasteiger partial charge on any atom is 0.253 e. The van der Waals surface area contributed by atoms with Crippen molar-refractivity contribution in [1.29, 1.82) is 0 Å². The molecule has 0 aliphatic rings. The molecule has 0 saturated carbocycles. The second kappa shape index (κ2) is 11.1. The molecule has 0 radical (unpaired) electrons. The van der Waals surface area contributed by atoms with Crippen LogP contribution in [0.4, 0.5) is 5.69 Å². The first kappa shape index (κ1) is 23.0. The van der Waals surface area contributed by atoms with E-state index in [0.29, 0.717) is 30.1 Å². The monoisotopic (exact) mass is 501 g/mol. The summed E-state index contributed by atoms with van der Waals surface area (Å²) in [5.41, 5.74) is 1.35. The quantitative estimate of drug-likeness (QED) is 0.415. The molecule has 9 heteroatoms. The highest BCUT2D eigenvalue weighted by molar-refractivity contribution is 9.10. The molecule has 0 spiro atoms. The Balaban J connectivity index is 1.57. The topological polar surface area (TPSA) is 88.9 Å². The van der Waals surface area contributed by atoms with E-state index in [1.54, 1.807) is 6.07 Å². The van der Waals surface area contributed by atoms with E-state index in [2.05, 4.69) is 36.8 Å². The third-order valence-electron chi connectivity index (χ3n) is 4.53. The molecule has 3 aromatic rings. The molecule has 3 rings (SSSR count). The van der Waals surface area contributed by atoms with E-state index in [4.69, 9.17) is 0 Å². The summed E-state index contributed by atoms with van der Waals surface area (Å²) in [7, 11) is 0. The zero-order valence-corrected chi connectivity index (χ0v) is 19.7. The smallest absolute Gasteiger partial charge is 0.253 e. The lowest BCUT2D eigenvalue weighted by molar-refractivity contribution is -0.115. The van der Waals surface area contributed by atoms with Crippen molar-refractivity contribution in [2.75, 3.05) is 11.1 Å². The van der Waals surface area contributed by atoms with Crippen LogP contribution >= 0.6 is 27.7 Å². The van der Waals surface area contributed by atoms with Crippen LogP contribution in [0.15, 0.2) is 64.2 Å². The van der Waals surface area contributed by atoms with Crippen molar-refractivity contribution in [3.05, 3.63) is 70.5 Å². The van der Waals surface area contributed by atoms with Crippen molar-refractivity contribution in [3.8, 4) is 0 Å². The maximum absolute atomic E-state index is 12.6. The minimum atomic E-state index is -0.317. The van der Waals surface area contributed by atoms with E-state index in [1.807, 2.05) is 66.9 Å². The summed E-state index contributed by atoms with van der Waals surface area (Å²) in [6, 6.07) is 16.3. The molecule has 162 valence electrons. The molecule has 0 fully saturated rings. The van der Waals surface area contributed by atoms with Gasteiger partial charge in [0.2, 0.25) is 5.91 Å². The molecule has 0 unspecified atom stereocenters. The summed E-state index contributed by atoms with van der Waals surface area (Å²) in [6.07, 6.45) is 0.361. The van der Waals surface area contributed by atoms with Gasteiger partial charge < -0.3 is 15.2 Å². The van der Waals surface area contributed by atoms with Gasteiger partial charge in [-0.25, -0.2) is 0 Å². The Labute approximate surface area is 194 Å². The highest BCUT2D eigenvalue weighted by Crippen LogP contribution is 2.22. The Morgan fingerprint density at radius 3 is 2.52 bits per heavy atom. The predicted molar refractivity (Wildman–Crippen MR) is 126 cm³/mol. The standard InChI is InChI=1S/C22H24BrN5O2S/c1-3-28-20(15(2)24-21(30)17-11-7-8-12-18(17)23)26-27-22(28)31-14-13-19(29)25-16-9-5-4-6-10-16/h4-12,15H,3,13-14H2,1-2H3,(H,24,30)(H,25,29)/t15-/m1/s1. The molecule has 0 aliphatic carbocycles. The van der Waals surface area contributed by atoms with Gasteiger partial charge in [-0.15, -0.1) is 10.2 Å². The van der Waals surface area contributed by atoms with Crippen molar-refractivity contribution in [3.63, 3.8) is 0 Å². The number of rotatable bonds is 9. The normalized spacial score (nSPS) is 11.7. The van der Waals surface area contributed by atoms with E-state index in [-0.39, 0.29) is 17.9 Å². The minimum Gasteiger partial charge on any atom is -0.342 e. The van der Waals surface area contributed by atoms with Crippen molar-refractivity contribution >= 4 is 45.2 Å². The average molecular weight is 502 g/mol. The number of hydrogen-bond acceptors (Lipinski definition) is 5. The second-order valence-electron chi connectivity index (χ2n) is 6.77. The lowest BCUT2D eigenvalue weighted by Gasteiger charge is -2.15. The van der Waals surface area contributed by atoms with Gasteiger partial charge in [-0.2, -0.15) is 0 Å². The zero-order valence-electron chi connectivity index (χ0n) is 17.3. The lowest BCUT2D eigenvalue weighted by atomic mass is 10.2. The van der Waals surface area contributed by atoms with Crippen LogP contribution in [0.3, 0.4) is 0 Å². The van der Waals surface area contributed by atoms with E-state index < -0.39 is 0 Å². The molecule has 0 bridgehead atoms. The number of para-hydroxylation sites is 1. The third-order valence-corrected chi connectivity index (χ3v) is 6.19. The first-order chi connectivity index (χ1) is 15.0. The summed E-state index contributed by atoms with van der Waals surface area (Å²) in [4.78, 5) is 24.7. The average Bonchev–Trinajstić information content (AvgIpc) is 3.17. The number of nitrogens with zero attached hydrogens (tertiary/aromatic N) is 3. The molecule has 2 amide bonds. The largest absolute Gasteiger partial charge is 0.342 e. The Hall–Kier alpha value is -2.65. The Morgan fingerprint density at radius 1 is 1.10 bits per heavy atom. The summed E-state index contributed by atoms with van der Waals surface area (Å²) in [6.45, 7) is 4.55. The molecule has 31 heavy (non-hydrogen) atoms. The SMILES string of the molecule is CCn1c(SCCC(=O)Nc2ccccc2)nnc1[C@@H](C)NC(=O)c1ccccc1Br. The number of nitrogens with one attached hydrogen (secondary N) is 2. The molecule has 0 saturated heterocycles. The van der Waals surface area contributed by atoms with Crippen molar-refractivity contribution in [2.24, 2.45) is 0 Å². The van der Waals surface area contributed by atoms with E-state index in [9.17, 15) is 9.59 Å². The Kier molecular flexibility index (Phi) is 8.25. The Bertz CT molecular complexity index is 1040. The number of aromatic nitrogens is 3. The van der Waals surface area contributed by atoms with E-state index >= 15 is 0 Å². The lowest BCUT2D eigenvalue weighted by Crippen LogP contribution is -2.29. The maximum atomic E-state index is 12.6. The van der Waals surface area contributed by atoms with Crippen LogP contribution in [0.1, 0.15) is 42.5 Å². The number of carbonyl (C=O) groups is 2. The van der Waals surface area contributed by atoms with E-state index in [0.717, 1.165) is 15.3 Å². The van der Waals surface area contributed by atoms with Gasteiger partial charge >= 0.3 is 0 Å². The minimum absolute atomic E-state index is 0.0458. The molecule has 1 aromatic heterocycles. The van der Waals surface area contributed by atoms with Crippen molar-refractivity contribution in [2.45, 2.75) is 38.0 Å². The van der Waals surface area contributed by atoms with Crippen LogP contribution in [0.5, 0.6) is 0 Å². The van der Waals surface area contributed by atoms with Crippen LogP contribution in [-0.4, -0.2) is 32.3 Å². The Morgan fingerprint density at radius 2 is 1.81 bits per heavy atom. The van der Waals surface area contributed by atoms with Crippen molar-refractivity contribution < 1.29 is 9.59 Å². The molecule has 1 atom stereocenters. The first-order valence-corrected chi connectivity index (χ1v) is 11.7. The molecular formula is C22H24BrN5O2S. The molecule has 2 N–H and O–H groups in total. The highest BCUT2D eigenvalue weighted by Gasteiger charge is 2.20. The van der Waals surface area contributed by atoms with Gasteiger partial charge in [0, 0.05) is 28.9 Å². The number of benzene rings is 2. The van der Waals surface area contributed by atoms with Gasteiger partial charge in [0.25, 0.3) is 5.91 Å². The molecule has 1 heterocycles. The van der Waals surface area contributed by atoms with Gasteiger partial charge in [0.1, 0.15) is 0 Å². The van der Waals surface area contributed by atoms with Gasteiger partial charge in [0.05, 0.1) is 11.6 Å². The van der Waals surface area contributed by atoms with Crippen LogP contribution in [0, 0.1) is 0 Å². The van der Waals surface area contributed by atoms with Crippen LogP contribution in [0.2, 0.25) is 0 Å². The van der Waals surface area contributed by atoms with Gasteiger partial charge in [-0.05, 0) is 54.0 Å². The molecule has 2 aromatic carbocycles. The fraction of sp³-hybridized carbons (Fsp3) is 0.273. The van der Waals surface area contributed by atoms with E-state index in [1.165, 1.54) is 11.8 Å². The number of anilines is 1. The summed E-state index contributed by atoms with van der Waals surface area (Å²) in [5, 5.41) is 15.1. The van der Waals surface area contributed by atoms with Crippen LogP contribution in [0.25, 0.3) is 0 Å². The number of halogens is 1. The fourth-order valence-electron chi connectivity index (χ4n) is 2.99. The fourth-order valence-corrected chi connectivity index (χ4v) is 4.40. The number of carbonyl (C=O) groups excluding carboxylic acids is 2. The van der Waals surface area contributed by atoms with Crippen molar-refractivity contribution in [1.82, 2.24) is 20.1 Å². The third kappa shape index (κ3) is 6.18. The summed E-state index contributed by atoms with van der Waals surface area (Å²) >= 11 is 4.88. The number of hydrogen-bond donors (Lipinski definition) is 2. The van der Waals surface area contributed by atoms with Crippen LogP contribution < -0.4 is 10.6 Å². The predicted octanol–water partition coefficient (Wildman–Crippen LogP) is 4.67.